The Morgan fingerprint density at radius 1 is 1.37 bits per heavy atom. The van der Waals surface area contributed by atoms with Crippen LogP contribution in [0.5, 0.6) is 0 Å². The third-order valence-electron chi connectivity index (χ3n) is 3.90. The summed E-state index contributed by atoms with van der Waals surface area (Å²) in [6.45, 7) is 6.61. The molecule has 2 N–H and O–H groups in total. The van der Waals surface area contributed by atoms with E-state index in [0.29, 0.717) is 6.04 Å². The quantitative estimate of drug-likeness (QED) is 0.743. The fraction of sp³-hybridized carbons (Fsp3) is 0.750. The van der Waals surface area contributed by atoms with Gasteiger partial charge in [0.25, 0.3) is 0 Å². The number of rotatable bonds is 9. The standard InChI is InChI=1S/C16H28N2O/c1-13(5-3-6-14(2)17)11-18(15-8-9-15)12-16-7-4-10-19-16/h4,7,10,13-15H,3,5-6,8-9,11-12,17H2,1-2H3. The molecule has 19 heavy (non-hydrogen) atoms. The minimum Gasteiger partial charge on any atom is -0.468 e. The summed E-state index contributed by atoms with van der Waals surface area (Å²) in [7, 11) is 0. The van der Waals surface area contributed by atoms with Gasteiger partial charge in [0.1, 0.15) is 5.76 Å². The topological polar surface area (TPSA) is 42.4 Å². The molecule has 0 aliphatic heterocycles. The monoisotopic (exact) mass is 264 g/mol. The minimum atomic E-state index is 0.342. The van der Waals surface area contributed by atoms with Crippen LogP contribution >= 0.6 is 0 Å². The largest absolute Gasteiger partial charge is 0.468 e. The van der Waals surface area contributed by atoms with Gasteiger partial charge < -0.3 is 10.2 Å². The third kappa shape index (κ3) is 5.37. The zero-order valence-corrected chi connectivity index (χ0v) is 12.3. The first-order valence-electron chi connectivity index (χ1n) is 7.67. The van der Waals surface area contributed by atoms with Gasteiger partial charge in [-0.05, 0) is 50.7 Å². The Bertz CT molecular complexity index is 344. The summed E-state index contributed by atoms with van der Waals surface area (Å²) in [5, 5.41) is 0. The van der Waals surface area contributed by atoms with Gasteiger partial charge in [0.2, 0.25) is 0 Å². The van der Waals surface area contributed by atoms with E-state index in [9.17, 15) is 0 Å². The molecule has 0 spiro atoms. The van der Waals surface area contributed by atoms with Crippen LogP contribution in [0.2, 0.25) is 0 Å². The molecule has 2 unspecified atom stereocenters. The van der Waals surface area contributed by atoms with Crippen LogP contribution in [0.25, 0.3) is 0 Å². The molecule has 1 aliphatic carbocycles. The van der Waals surface area contributed by atoms with Crippen molar-refractivity contribution in [1.82, 2.24) is 4.90 Å². The van der Waals surface area contributed by atoms with Gasteiger partial charge in [-0.3, -0.25) is 4.90 Å². The average molecular weight is 264 g/mol. The predicted octanol–water partition coefficient (Wildman–Crippen LogP) is 3.40. The number of furan rings is 1. The number of hydrogen-bond donors (Lipinski definition) is 1. The summed E-state index contributed by atoms with van der Waals surface area (Å²) < 4.78 is 5.48. The Morgan fingerprint density at radius 2 is 2.16 bits per heavy atom. The van der Waals surface area contributed by atoms with Gasteiger partial charge in [0.15, 0.2) is 0 Å². The van der Waals surface area contributed by atoms with Crippen molar-refractivity contribution in [1.29, 1.82) is 0 Å². The lowest BCUT2D eigenvalue weighted by atomic mass is 10.0. The van der Waals surface area contributed by atoms with Crippen LogP contribution in [0, 0.1) is 5.92 Å². The summed E-state index contributed by atoms with van der Waals surface area (Å²) in [5.41, 5.74) is 5.81. The molecular formula is C16H28N2O. The van der Waals surface area contributed by atoms with E-state index in [-0.39, 0.29) is 0 Å². The summed E-state index contributed by atoms with van der Waals surface area (Å²) in [4.78, 5) is 2.59. The SMILES string of the molecule is CC(N)CCCC(C)CN(Cc1ccco1)C1CC1. The number of nitrogens with zero attached hydrogens (tertiary/aromatic N) is 1. The molecule has 3 heteroatoms. The van der Waals surface area contributed by atoms with Crippen LogP contribution in [0.1, 0.15) is 51.7 Å². The maximum atomic E-state index is 5.81. The third-order valence-corrected chi connectivity index (χ3v) is 3.90. The van der Waals surface area contributed by atoms with Crippen molar-refractivity contribution >= 4 is 0 Å². The Hall–Kier alpha value is -0.800. The first-order valence-corrected chi connectivity index (χ1v) is 7.67. The van der Waals surface area contributed by atoms with Gasteiger partial charge in [-0.25, -0.2) is 0 Å². The Balaban J connectivity index is 1.73. The molecule has 2 rings (SSSR count). The second-order valence-corrected chi connectivity index (χ2v) is 6.25. The van der Waals surface area contributed by atoms with E-state index in [1.165, 1.54) is 32.2 Å². The zero-order chi connectivity index (χ0) is 13.7. The second kappa shape index (κ2) is 7.11. The first-order chi connectivity index (χ1) is 9.15. The highest BCUT2D eigenvalue weighted by Crippen LogP contribution is 2.29. The van der Waals surface area contributed by atoms with E-state index in [1.807, 2.05) is 6.07 Å². The van der Waals surface area contributed by atoms with Gasteiger partial charge in [-0.15, -0.1) is 0 Å². The lowest BCUT2D eigenvalue weighted by Crippen LogP contribution is -2.30. The Labute approximate surface area is 117 Å². The van der Waals surface area contributed by atoms with Crippen molar-refractivity contribution in [2.45, 2.75) is 64.6 Å². The summed E-state index contributed by atoms with van der Waals surface area (Å²) >= 11 is 0. The van der Waals surface area contributed by atoms with Crippen molar-refractivity contribution in [3.63, 3.8) is 0 Å². The molecule has 0 bridgehead atoms. The van der Waals surface area contributed by atoms with Crippen LogP contribution in [0.3, 0.4) is 0 Å². The van der Waals surface area contributed by atoms with Crippen LogP contribution < -0.4 is 5.73 Å². The smallest absolute Gasteiger partial charge is 0.117 e. The van der Waals surface area contributed by atoms with Gasteiger partial charge >= 0.3 is 0 Å². The Kier molecular flexibility index (Phi) is 5.46. The molecule has 1 saturated carbocycles. The molecule has 108 valence electrons. The van der Waals surface area contributed by atoms with E-state index >= 15 is 0 Å². The second-order valence-electron chi connectivity index (χ2n) is 6.25. The first kappa shape index (κ1) is 14.6. The molecule has 0 saturated heterocycles. The molecule has 1 aromatic rings. The summed E-state index contributed by atoms with van der Waals surface area (Å²) in [6.07, 6.45) is 8.15. The van der Waals surface area contributed by atoms with E-state index in [1.54, 1.807) is 6.26 Å². The van der Waals surface area contributed by atoms with Crippen molar-refractivity contribution in [2.75, 3.05) is 6.54 Å². The van der Waals surface area contributed by atoms with Crippen molar-refractivity contribution in [2.24, 2.45) is 11.7 Å². The van der Waals surface area contributed by atoms with E-state index < -0.39 is 0 Å². The normalized spacial score (nSPS) is 18.7. The molecule has 2 atom stereocenters. The number of nitrogens with two attached hydrogens (primary N) is 1. The highest BCUT2D eigenvalue weighted by atomic mass is 16.3. The summed E-state index contributed by atoms with van der Waals surface area (Å²) in [6, 6.07) is 5.19. The van der Waals surface area contributed by atoms with Gasteiger partial charge in [-0.2, -0.15) is 0 Å². The molecule has 0 radical (unpaired) electrons. The van der Waals surface area contributed by atoms with Crippen molar-refractivity contribution in [3.05, 3.63) is 24.2 Å². The number of hydrogen-bond acceptors (Lipinski definition) is 3. The van der Waals surface area contributed by atoms with Crippen molar-refractivity contribution < 1.29 is 4.42 Å². The van der Waals surface area contributed by atoms with E-state index in [4.69, 9.17) is 10.2 Å². The summed E-state index contributed by atoms with van der Waals surface area (Å²) in [5.74, 6) is 1.84. The molecule has 1 aromatic heterocycles. The molecular weight excluding hydrogens is 236 g/mol. The zero-order valence-electron chi connectivity index (χ0n) is 12.3. The fourth-order valence-corrected chi connectivity index (χ4v) is 2.67. The van der Waals surface area contributed by atoms with Crippen LogP contribution in [0.4, 0.5) is 0 Å². The molecule has 1 heterocycles. The maximum absolute atomic E-state index is 5.81. The van der Waals surface area contributed by atoms with Crippen LogP contribution in [-0.4, -0.2) is 23.5 Å². The maximum Gasteiger partial charge on any atom is 0.117 e. The van der Waals surface area contributed by atoms with Crippen molar-refractivity contribution in [3.8, 4) is 0 Å². The van der Waals surface area contributed by atoms with E-state index in [2.05, 4.69) is 24.8 Å². The highest BCUT2D eigenvalue weighted by Gasteiger charge is 2.30. The van der Waals surface area contributed by atoms with E-state index in [0.717, 1.165) is 30.7 Å². The van der Waals surface area contributed by atoms with Gasteiger partial charge in [0.05, 0.1) is 12.8 Å². The molecule has 1 aliphatic rings. The average Bonchev–Trinajstić information content (AvgIpc) is 3.07. The predicted molar refractivity (Wildman–Crippen MR) is 78.8 cm³/mol. The Morgan fingerprint density at radius 3 is 2.74 bits per heavy atom. The fourth-order valence-electron chi connectivity index (χ4n) is 2.67. The molecule has 1 fully saturated rings. The van der Waals surface area contributed by atoms with Crippen LogP contribution in [0.15, 0.2) is 22.8 Å². The molecule has 0 aromatic carbocycles. The van der Waals surface area contributed by atoms with Crippen LogP contribution in [-0.2, 0) is 6.54 Å². The molecule has 0 amide bonds. The van der Waals surface area contributed by atoms with Gasteiger partial charge in [-0.1, -0.05) is 13.3 Å². The lowest BCUT2D eigenvalue weighted by Gasteiger charge is -2.25. The highest BCUT2D eigenvalue weighted by molar-refractivity contribution is 4.99. The minimum absolute atomic E-state index is 0.342. The van der Waals surface area contributed by atoms with Gasteiger partial charge in [0, 0.05) is 18.6 Å². The molecule has 3 nitrogen and oxygen atoms in total. The lowest BCUT2D eigenvalue weighted by molar-refractivity contribution is 0.197.